The maximum absolute atomic E-state index is 12.4. The van der Waals surface area contributed by atoms with Gasteiger partial charge in [-0.15, -0.1) is 0 Å². The van der Waals surface area contributed by atoms with Gasteiger partial charge in [-0.3, -0.25) is 0 Å². The van der Waals surface area contributed by atoms with Crippen LogP contribution in [0.15, 0.2) is 36.4 Å². The summed E-state index contributed by atoms with van der Waals surface area (Å²) in [6.45, 7) is 4.07. The molecular weight excluding hydrogens is 332 g/mol. The highest BCUT2D eigenvalue weighted by Gasteiger charge is 2.16. The van der Waals surface area contributed by atoms with Crippen LogP contribution in [0.25, 0.3) is 0 Å². The third-order valence-electron chi connectivity index (χ3n) is 4.12. The molecule has 2 N–H and O–H groups in total. The molecule has 0 aliphatic heterocycles. The van der Waals surface area contributed by atoms with Gasteiger partial charge in [0.2, 0.25) is 5.75 Å². The summed E-state index contributed by atoms with van der Waals surface area (Å²) in [5.74, 6) is 1.44. The Kier molecular flexibility index (Phi) is 6.72. The molecule has 2 amide bonds. The molecule has 0 fully saturated rings. The predicted molar refractivity (Wildman–Crippen MR) is 102 cm³/mol. The average molecular weight is 358 g/mol. The van der Waals surface area contributed by atoms with Crippen LogP contribution in [0.3, 0.4) is 0 Å². The maximum Gasteiger partial charge on any atom is 0.319 e. The number of hydrogen-bond donors (Lipinski definition) is 2. The van der Waals surface area contributed by atoms with E-state index in [0.717, 1.165) is 12.0 Å². The Hall–Kier alpha value is -2.89. The number of nitrogens with one attached hydrogen (secondary N) is 2. The van der Waals surface area contributed by atoms with Gasteiger partial charge in [0, 0.05) is 12.1 Å². The third-order valence-corrected chi connectivity index (χ3v) is 4.12. The predicted octanol–water partition coefficient (Wildman–Crippen LogP) is 4.29. The fourth-order valence-corrected chi connectivity index (χ4v) is 2.70. The van der Waals surface area contributed by atoms with Crippen molar-refractivity contribution in [1.82, 2.24) is 5.32 Å². The first kappa shape index (κ1) is 19.4. The standard InChI is InChI=1S/C20H26N2O4/c1-6-16(14-9-7-13(2)8-10-14)22-20(23)21-15-11-17(24-3)19(26-5)18(12-15)25-4/h7-12,16H,6H2,1-5H3,(H2,21,22,23). The summed E-state index contributed by atoms with van der Waals surface area (Å²) in [6.07, 6.45) is 0.783. The highest BCUT2D eigenvalue weighted by molar-refractivity contribution is 5.90. The van der Waals surface area contributed by atoms with E-state index in [1.54, 1.807) is 12.1 Å². The number of rotatable bonds is 7. The molecule has 6 nitrogen and oxygen atoms in total. The van der Waals surface area contributed by atoms with Gasteiger partial charge in [-0.2, -0.15) is 0 Å². The zero-order valence-electron chi connectivity index (χ0n) is 15.9. The van der Waals surface area contributed by atoms with E-state index < -0.39 is 0 Å². The van der Waals surface area contributed by atoms with Crippen molar-refractivity contribution in [3.63, 3.8) is 0 Å². The molecule has 2 rings (SSSR count). The molecule has 0 heterocycles. The molecular formula is C20H26N2O4. The molecule has 26 heavy (non-hydrogen) atoms. The summed E-state index contributed by atoms with van der Waals surface area (Å²) >= 11 is 0. The lowest BCUT2D eigenvalue weighted by molar-refractivity contribution is 0.248. The largest absolute Gasteiger partial charge is 0.493 e. The molecule has 6 heteroatoms. The van der Waals surface area contributed by atoms with E-state index in [9.17, 15) is 4.79 Å². The van der Waals surface area contributed by atoms with E-state index in [1.807, 2.05) is 38.1 Å². The van der Waals surface area contributed by atoms with Crippen molar-refractivity contribution in [2.24, 2.45) is 0 Å². The molecule has 0 bridgehead atoms. The molecule has 0 saturated carbocycles. The van der Waals surface area contributed by atoms with Crippen molar-refractivity contribution in [1.29, 1.82) is 0 Å². The van der Waals surface area contributed by atoms with E-state index in [2.05, 4.69) is 10.6 Å². The summed E-state index contributed by atoms with van der Waals surface area (Å²) in [4.78, 5) is 12.4. The number of methoxy groups -OCH3 is 3. The zero-order chi connectivity index (χ0) is 19.1. The molecule has 0 aromatic heterocycles. The van der Waals surface area contributed by atoms with Gasteiger partial charge in [-0.05, 0) is 18.9 Å². The van der Waals surface area contributed by atoms with Gasteiger partial charge in [0.15, 0.2) is 11.5 Å². The second-order valence-electron chi connectivity index (χ2n) is 5.88. The third kappa shape index (κ3) is 4.59. The van der Waals surface area contributed by atoms with Crippen LogP contribution < -0.4 is 24.8 Å². The Balaban J connectivity index is 2.14. The lowest BCUT2D eigenvalue weighted by Crippen LogP contribution is -2.32. The number of aryl methyl sites for hydroxylation is 1. The number of hydrogen-bond acceptors (Lipinski definition) is 4. The smallest absolute Gasteiger partial charge is 0.319 e. The number of carbonyl (C=O) groups is 1. The summed E-state index contributed by atoms with van der Waals surface area (Å²) < 4.78 is 15.9. The van der Waals surface area contributed by atoms with Crippen molar-refractivity contribution in [2.45, 2.75) is 26.3 Å². The lowest BCUT2D eigenvalue weighted by Gasteiger charge is -2.19. The first-order valence-corrected chi connectivity index (χ1v) is 8.46. The Bertz CT molecular complexity index is 719. The monoisotopic (exact) mass is 358 g/mol. The van der Waals surface area contributed by atoms with Crippen LogP contribution in [0.4, 0.5) is 10.5 Å². The molecule has 0 aliphatic carbocycles. The SMILES string of the molecule is CCC(NC(=O)Nc1cc(OC)c(OC)c(OC)c1)c1ccc(C)cc1. The van der Waals surface area contributed by atoms with Gasteiger partial charge in [0.1, 0.15) is 0 Å². The van der Waals surface area contributed by atoms with Crippen LogP contribution in [0.5, 0.6) is 17.2 Å². The minimum absolute atomic E-state index is 0.0716. The van der Waals surface area contributed by atoms with Crippen LogP contribution in [-0.2, 0) is 0 Å². The molecule has 0 saturated heterocycles. The average Bonchev–Trinajstić information content (AvgIpc) is 2.65. The Morgan fingerprint density at radius 2 is 1.58 bits per heavy atom. The zero-order valence-corrected chi connectivity index (χ0v) is 15.9. The van der Waals surface area contributed by atoms with Crippen molar-refractivity contribution >= 4 is 11.7 Å². The Labute approximate surface area is 154 Å². The van der Waals surface area contributed by atoms with Gasteiger partial charge in [0.05, 0.1) is 33.1 Å². The molecule has 0 radical (unpaired) electrons. The lowest BCUT2D eigenvalue weighted by atomic mass is 10.0. The first-order valence-electron chi connectivity index (χ1n) is 8.46. The maximum atomic E-state index is 12.4. The summed E-state index contributed by atoms with van der Waals surface area (Å²) in [6, 6.07) is 11.1. The molecule has 2 aromatic rings. The van der Waals surface area contributed by atoms with Crippen LogP contribution >= 0.6 is 0 Å². The molecule has 1 unspecified atom stereocenters. The fraction of sp³-hybridized carbons (Fsp3) is 0.350. The first-order chi connectivity index (χ1) is 12.5. The Morgan fingerprint density at radius 3 is 2.04 bits per heavy atom. The van der Waals surface area contributed by atoms with Gasteiger partial charge in [-0.1, -0.05) is 36.8 Å². The van der Waals surface area contributed by atoms with Gasteiger partial charge in [0.25, 0.3) is 0 Å². The van der Waals surface area contributed by atoms with E-state index in [-0.39, 0.29) is 12.1 Å². The minimum Gasteiger partial charge on any atom is -0.493 e. The number of amides is 2. The van der Waals surface area contributed by atoms with Crippen molar-refractivity contribution < 1.29 is 19.0 Å². The highest BCUT2D eigenvalue weighted by Crippen LogP contribution is 2.39. The van der Waals surface area contributed by atoms with Crippen LogP contribution in [-0.4, -0.2) is 27.4 Å². The van der Waals surface area contributed by atoms with Crippen molar-refractivity contribution in [2.75, 3.05) is 26.6 Å². The highest BCUT2D eigenvalue weighted by atomic mass is 16.5. The number of ether oxygens (including phenoxy) is 3. The number of urea groups is 1. The quantitative estimate of drug-likeness (QED) is 0.774. The van der Waals surface area contributed by atoms with Gasteiger partial charge in [-0.25, -0.2) is 4.79 Å². The number of benzene rings is 2. The molecule has 2 aromatic carbocycles. The molecule has 1 atom stereocenters. The van der Waals surface area contributed by atoms with Crippen molar-refractivity contribution in [3.05, 3.63) is 47.5 Å². The molecule has 0 aliphatic rings. The topological polar surface area (TPSA) is 68.8 Å². The second-order valence-corrected chi connectivity index (χ2v) is 5.88. The van der Waals surface area contributed by atoms with Crippen LogP contribution in [0, 0.1) is 6.92 Å². The van der Waals surface area contributed by atoms with E-state index in [0.29, 0.717) is 22.9 Å². The van der Waals surface area contributed by atoms with Crippen LogP contribution in [0.2, 0.25) is 0 Å². The van der Waals surface area contributed by atoms with Gasteiger partial charge < -0.3 is 24.8 Å². The Morgan fingerprint density at radius 1 is 1.00 bits per heavy atom. The number of anilines is 1. The fourth-order valence-electron chi connectivity index (χ4n) is 2.70. The summed E-state index contributed by atoms with van der Waals surface area (Å²) in [7, 11) is 4.60. The molecule has 140 valence electrons. The minimum atomic E-state index is -0.299. The van der Waals surface area contributed by atoms with E-state index in [4.69, 9.17) is 14.2 Å². The summed E-state index contributed by atoms with van der Waals surface area (Å²) in [5, 5.41) is 5.81. The van der Waals surface area contributed by atoms with Gasteiger partial charge >= 0.3 is 6.03 Å². The summed E-state index contributed by atoms with van der Waals surface area (Å²) in [5.41, 5.74) is 2.80. The van der Waals surface area contributed by atoms with E-state index in [1.165, 1.54) is 26.9 Å². The second kappa shape index (κ2) is 8.99. The van der Waals surface area contributed by atoms with Crippen LogP contribution in [0.1, 0.15) is 30.5 Å². The van der Waals surface area contributed by atoms with E-state index >= 15 is 0 Å². The molecule has 0 spiro atoms. The van der Waals surface area contributed by atoms with Crippen molar-refractivity contribution in [3.8, 4) is 17.2 Å². The number of carbonyl (C=O) groups excluding carboxylic acids is 1. The normalized spacial score (nSPS) is 11.4.